The highest BCUT2D eigenvalue weighted by molar-refractivity contribution is 6.34. The number of carbonyl (C=O) groups is 2. The van der Waals surface area contributed by atoms with Crippen molar-refractivity contribution in [3.63, 3.8) is 0 Å². The van der Waals surface area contributed by atoms with Gasteiger partial charge < -0.3 is 10.4 Å². The first kappa shape index (κ1) is 18.0. The molecule has 124 valence electrons. The van der Waals surface area contributed by atoms with Crippen molar-refractivity contribution in [1.82, 2.24) is 5.32 Å². The van der Waals surface area contributed by atoms with E-state index in [2.05, 4.69) is 5.32 Å². The number of nitrogens with one attached hydrogen (secondary N) is 1. The van der Waals surface area contributed by atoms with E-state index in [1.165, 1.54) is 12.2 Å². The molecule has 0 aromatic heterocycles. The molecule has 0 saturated heterocycles. The number of carboxylic acid groups (broad SMARTS) is 1. The van der Waals surface area contributed by atoms with E-state index in [-0.39, 0.29) is 6.42 Å². The van der Waals surface area contributed by atoms with Gasteiger partial charge in [-0.05, 0) is 35.4 Å². The summed E-state index contributed by atoms with van der Waals surface area (Å²) in [6, 6.07) is 13.0. The van der Waals surface area contributed by atoms with Gasteiger partial charge in [0.15, 0.2) is 0 Å². The van der Waals surface area contributed by atoms with Crippen LogP contribution in [0.25, 0.3) is 6.08 Å². The van der Waals surface area contributed by atoms with Crippen molar-refractivity contribution in [2.24, 2.45) is 0 Å². The zero-order chi connectivity index (χ0) is 17.5. The summed E-state index contributed by atoms with van der Waals surface area (Å²) in [7, 11) is 0. The molecule has 2 aromatic carbocycles. The Morgan fingerprint density at radius 3 is 2.29 bits per heavy atom. The zero-order valence-electron chi connectivity index (χ0n) is 12.6. The van der Waals surface area contributed by atoms with Crippen LogP contribution in [0.3, 0.4) is 0 Å². The molecule has 0 heterocycles. The smallest absolute Gasteiger partial charge is 0.326 e. The first-order chi connectivity index (χ1) is 11.4. The van der Waals surface area contributed by atoms with Crippen LogP contribution in [0, 0.1) is 0 Å². The molecule has 0 unspecified atom stereocenters. The van der Waals surface area contributed by atoms with Gasteiger partial charge in [-0.2, -0.15) is 0 Å². The molecule has 2 N–H and O–H groups in total. The minimum absolute atomic E-state index is 0.207. The highest BCUT2D eigenvalue weighted by Gasteiger charge is 2.19. The average Bonchev–Trinajstić information content (AvgIpc) is 2.52. The summed E-state index contributed by atoms with van der Waals surface area (Å²) in [4.78, 5) is 23.3. The SMILES string of the molecule is O=C(/C=C/c1cc(Cl)cc(Cl)c1)N[C@@H](Cc1ccccc1)C(=O)O. The molecule has 0 aliphatic carbocycles. The maximum atomic E-state index is 12.0. The van der Waals surface area contributed by atoms with Crippen LogP contribution in [0.5, 0.6) is 0 Å². The van der Waals surface area contributed by atoms with E-state index in [1.807, 2.05) is 30.3 Å². The minimum atomic E-state index is -1.09. The van der Waals surface area contributed by atoms with E-state index in [4.69, 9.17) is 23.2 Å². The summed E-state index contributed by atoms with van der Waals surface area (Å²) in [5.41, 5.74) is 1.48. The topological polar surface area (TPSA) is 66.4 Å². The summed E-state index contributed by atoms with van der Waals surface area (Å²) in [6.07, 6.45) is 2.98. The molecule has 0 aliphatic heterocycles. The Bertz CT molecular complexity index is 740. The van der Waals surface area contributed by atoms with Gasteiger partial charge >= 0.3 is 5.97 Å². The molecule has 24 heavy (non-hydrogen) atoms. The fraction of sp³-hybridized carbons (Fsp3) is 0.111. The number of hydrogen-bond acceptors (Lipinski definition) is 2. The quantitative estimate of drug-likeness (QED) is 0.766. The zero-order valence-corrected chi connectivity index (χ0v) is 14.1. The molecule has 1 atom stereocenters. The van der Waals surface area contributed by atoms with Crippen molar-refractivity contribution in [2.45, 2.75) is 12.5 Å². The summed E-state index contributed by atoms with van der Waals surface area (Å²) in [5.74, 6) is -1.60. The number of hydrogen-bond donors (Lipinski definition) is 2. The van der Waals surface area contributed by atoms with Gasteiger partial charge in [-0.15, -0.1) is 0 Å². The summed E-state index contributed by atoms with van der Waals surface area (Å²) < 4.78 is 0. The van der Waals surface area contributed by atoms with Gasteiger partial charge in [-0.1, -0.05) is 53.5 Å². The van der Waals surface area contributed by atoms with Crippen LogP contribution in [-0.2, 0) is 16.0 Å². The van der Waals surface area contributed by atoms with Crippen LogP contribution in [-0.4, -0.2) is 23.0 Å². The van der Waals surface area contributed by atoms with E-state index in [0.717, 1.165) is 5.56 Å². The Labute approximate surface area is 149 Å². The fourth-order valence-electron chi connectivity index (χ4n) is 2.11. The normalized spacial score (nSPS) is 12.1. The second-order valence-corrected chi connectivity index (χ2v) is 6.00. The van der Waals surface area contributed by atoms with Crippen molar-refractivity contribution in [1.29, 1.82) is 0 Å². The fourth-order valence-corrected chi connectivity index (χ4v) is 2.66. The lowest BCUT2D eigenvalue weighted by Crippen LogP contribution is -2.41. The summed E-state index contributed by atoms with van der Waals surface area (Å²) in [6.45, 7) is 0. The van der Waals surface area contributed by atoms with Gasteiger partial charge in [0, 0.05) is 22.5 Å². The van der Waals surface area contributed by atoms with Gasteiger partial charge in [-0.3, -0.25) is 4.79 Å². The number of benzene rings is 2. The molecule has 0 saturated carbocycles. The molecule has 2 rings (SSSR count). The number of halogens is 2. The lowest BCUT2D eigenvalue weighted by molar-refractivity contribution is -0.141. The molecule has 2 aromatic rings. The van der Waals surface area contributed by atoms with E-state index >= 15 is 0 Å². The maximum absolute atomic E-state index is 12.0. The van der Waals surface area contributed by atoms with E-state index in [0.29, 0.717) is 15.6 Å². The van der Waals surface area contributed by atoms with Gasteiger partial charge in [0.05, 0.1) is 0 Å². The predicted octanol–water partition coefficient (Wildman–Crippen LogP) is 3.82. The highest BCUT2D eigenvalue weighted by Crippen LogP contribution is 2.19. The first-order valence-corrected chi connectivity index (χ1v) is 7.91. The van der Waals surface area contributed by atoms with Crippen LogP contribution in [0.2, 0.25) is 10.0 Å². The summed E-state index contributed by atoms with van der Waals surface area (Å²) in [5, 5.41) is 12.6. The van der Waals surface area contributed by atoms with Gasteiger partial charge in [0.25, 0.3) is 0 Å². The minimum Gasteiger partial charge on any atom is -0.480 e. The molecule has 0 radical (unpaired) electrons. The average molecular weight is 364 g/mol. The third-order valence-corrected chi connectivity index (χ3v) is 3.65. The highest BCUT2D eigenvalue weighted by atomic mass is 35.5. The van der Waals surface area contributed by atoms with Crippen LogP contribution >= 0.6 is 23.2 Å². The van der Waals surface area contributed by atoms with Crippen molar-refractivity contribution < 1.29 is 14.7 Å². The maximum Gasteiger partial charge on any atom is 0.326 e. The molecule has 1 amide bonds. The van der Waals surface area contributed by atoms with Gasteiger partial charge in [0.2, 0.25) is 5.91 Å². The Hall–Kier alpha value is -2.30. The lowest BCUT2D eigenvalue weighted by Gasteiger charge is -2.13. The van der Waals surface area contributed by atoms with Crippen molar-refractivity contribution in [3.05, 3.63) is 75.8 Å². The van der Waals surface area contributed by atoms with Crippen molar-refractivity contribution in [2.75, 3.05) is 0 Å². The second kappa shape index (κ2) is 8.52. The number of carbonyl (C=O) groups excluding carboxylic acids is 1. The first-order valence-electron chi connectivity index (χ1n) is 7.15. The predicted molar refractivity (Wildman–Crippen MR) is 95.2 cm³/mol. The van der Waals surface area contributed by atoms with Crippen LogP contribution in [0.15, 0.2) is 54.6 Å². The van der Waals surface area contributed by atoms with Crippen LogP contribution < -0.4 is 5.32 Å². The largest absolute Gasteiger partial charge is 0.480 e. The molecular weight excluding hydrogens is 349 g/mol. The number of aliphatic carboxylic acids is 1. The van der Waals surface area contributed by atoms with Crippen LogP contribution in [0.1, 0.15) is 11.1 Å². The molecule has 4 nitrogen and oxygen atoms in total. The molecule has 6 heteroatoms. The van der Waals surface area contributed by atoms with E-state index in [9.17, 15) is 14.7 Å². The Morgan fingerprint density at radius 2 is 1.71 bits per heavy atom. The number of carboxylic acids is 1. The van der Waals surface area contributed by atoms with E-state index in [1.54, 1.807) is 18.2 Å². The van der Waals surface area contributed by atoms with Gasteiger partial charge in [0.1, 0.15) is 6.04 Å². The molecule has 0 spiro atoms. The molecule has 0 fully saturated rings. The summed E-state index contributed by atoms with van der Waals surface area (Å²) >= 11 is 11.8. The number of amides is 1. The second-order valence-electron chi connectivity index (χ2n) is 5.13. The monoisotopic (exact) mass is 363 g/mol. The van der Waals surface area contributed by atoms with E-state index < -0.39 is 17.9 Å². The van der Waals surface area contributed by atoms with Crippen molar-refractivity contribution >= 4 is 41.2 Å². The Kier molecular flexibility index (Phi) is 6.41. The van der Waals surface area contributed by atoms with Crippen molar-refractivity contribution in [3.8, 4) is 0 Å². The molecule has 0 aliphatic rings. The third-order valence-electron chi connectivity index (χ3n) is 3.21. The standard InChI is InChI=1S/C18H15Cl2NO3/c19-14-8-13(9-15(20)11-14)6-7-17(22)21-16(18(23)24)10-12-4-2-1-3-5-12/h1-9,11,16H,10H2,(H,21,22)(H,23,24)/b7-6+/t16-/m0/s1. The van der Waals surface area contributed by atoms with Crippen LogP contribution in [0.4, 0.5) is 0 Å². The van der Waals surface area contributed by atoms with Gasteiger partial charge in [-0.25, -0.2) is 4.79 Å². The number of rotatable bonds is 6. The Morgan fingerprint density at radius 1 is 1.08 bits per heavy atom. The lowest BCUT2D eigenvalue weighted by atomic mass is 10.1. The third kappa shape index (κ3) is 5.72. The Balaban J connectivity index is 2.02. The molecular formula is C18H15Cl2NO3. The molecule has 0 bridgehead atoms.